The number of thioether (sulfide) groups is 1. The quantitative estimate of drug-likeness (QED) is 0.495. The number of benzene rings is 2. The van der Waals surface area contributed by atoms with Crippen LogP contribution in [0.15, 0.2) is 58.9 Å². The highest BCUT2D eigenvalue weighted by Gasteiger charge is 2.24. The maximum absolute atomic E-state index is 13.0. The summed E-state index contributed by atoms with van der Waals surface area (Å²) in [5, 5.41) is 12.2. The highest BCUT2D eigenvalue weighted by Crippen LogP contribution is 2.27. The zero-order chi connectivity index (χ0) is 22.3. The van der Waals surface area contributed by atoms with Crippen LogP contribution in [0.4, 0.5) is 9.52 Å². The zero-order valence-corrected chi connectivity index (χ0v) is 19.5. The number of aromatic nitrogens is 2. The van der Waals surface area contributed by atoms with Crippen LogP contribution in [0.5, 0.6) is 0 Å². The Morgan fingerprint density at radius 2 is 1.81 bits per heavy atom. The normalized spacial score (nSPS) is 15.5. The summed E-state index contributed by atoms with van der Waals surface area (Å²) in [5.41, 5.74) is 2.27. The molecular weight excluding hydrogens is 445 g/mol. The second kappa shape index (κ2) is 10.9. The average molecular weight is 472 g/mol. The number of nitrogens with one attached hydrogen (secondary N) is 1. The topological polar surface area (TPSA) is 61.4 Å². The molecule has 1 atom stereocenters. The number of carbonyl (C=O) groups excluding carboxylic acids is 1. The molecule has 1 amide bonds. The van der Waals surface area contributed by atoms with E-state index in [2.05, 4.69) is 51.6 Å². The van der Waals surface area contributed by atoms with E-state index in [0.29, 0.717) is 23.5 Å². The number of anilines is 1. The molecule has 0 aliphatic carbocycles. The molecule has 1 aliphatic heterocycles. The molecular formula is C23H26FN5OS2. The number of hydrogen-bond donors (Lipinski definition) is 1. The fourth-order valence-corrected chi connectivity index (χ4v) is 5.29. The van der Waals surface area contributed by atoms with Gasteiger partial charge in [-0.05, 0) is 30.2 Å². The fraction of sp³-hybridized carbons (Fsp3) is 0.348. The molecule has 9 heteroatoms. The third-order valence-corrected chi connectivity index (χ3v) is 7.58. The van der Waals surface area contributed by atoms with E-state index in [1.54, 1.807) is 12.1 Å². The molecule has 0 saturated carbocycles. The van der Waals surface area contributed by atoms with Gasteiger partial charge < -0.3 is 10.2 Å². The third-order valence-electron chi connectivity index (χ3n) is 5.58. The molecule has 6 nitrogen and oxygen atoms in total. The summed E-state index contributed by atoms with van der Waals surface area (Å²) in [6, 6.07) is 17.2. The smallest absolute Gasteiger partial charge is 0.233 e. The molecule has 2 aromatic carbocycles. The van der Waals surface area contributed by atoms with E-state index in [-0.39, 0.29) is 11.7 Å². The standard InChI is InChI=1S/C23H26FN5OS2/c1-17(19-5-3-2-4-6-19)28-11-13-29(14-12-28)21(30)16-31-23-27-26-22(32-23)25-15-18-7-9-20(24)10-8-18/h2-10,17H,11-16H2,1H3,(H,25,26). The van der Waals surface area contributed by atoms with Gasteiger partial charge in [-0.3, -0.25) is 9.69 Å². The van der Waals surface area contributed by atoms with Crippen molar-refractivity contribution in [3.63, 3.8) is 0 Å². The van der Waals surface area contributed by atoms with Gasteiger partial charge in [0.15, 0.2) is 4.34 Å². The van der Waals surface area contributed by atoms with Crippen molar-refractivity contribution in [3.8, 4) is 0 Å². The van der Waals surface area contributed by atoms with Crippen molar-refractivity contribution in [3.05, 3.63) is 71.5 Å². The minimum Gasteiger partial charge on any atom is -0.356 e. The zero-order valence-electron chi connectivity index (χ0n) is 17.9. The highest BCUT2D eigenvalue weighted by molar-refractivity contribution is 8.01. The van der Waals surface area contributed by atoms with Crippen molar-refractivity contribution in [1.82, 2.24) is 20.0 Å². The van der Waals surface area contributed by atoms with Gasteiger partial charge in [-0.15, -0.1) is 10.2 Å². The molecule has 1 saturated heterocycles. The predicted octanol–water partition coefficient (Wildman–Crippen LogP) is 4.29. The first-order chi connectivity index (χ1) is 15.6. The maximum Gasteiger partial charge on any atom is 0.233 e. The van der Waals surface area contributed by atoms with Crippen molar-refractivity contribution < 1.29 is 9.18 Å². The van der Waals surface area contributed by atoms with E-state index in [0.717, 1.165) is 36.1 Å². The summed E-state index contributed by atoms with van der Waals surface area (Å²) in [6.07, 6.45) is 0. The average Bonchev–Trinajstić information content (AvgIpc) is 3.30. The number of halogens is 1. The Balaban J connectivity index is 1.19. The van der Waals surface area contributed by atoms with Gasteiger partial charge in [0.05, 0.1) is 5.75 Å². The Morgan fingerprint density at radius 3 is 2.53 bits per heavy atom. The molecule has 1 unspecified atom stereocenters. The third kappa shape index (κ3) is 6.05. The van der Waals surface area contributed by atoms with Crippen LogP contribution in [0.3, 0.4) is 0 Å². The minimum atomic E-state index is -0.250. The van der Waals surface area contributed by atoms with Gasteiger partial charge in [0, 0.05) is 38.8 Å². The minimum absolute atomic E-state index is 0.137. The van der Waals surface area contributed by atoms with Crippen LogP contribution in [0.2, 0.25) is 0 Å². The molecule has 2 heterocycles. The monoisotopic (exact) mass is 471 g/mol. The van der Waals surface area contributed by atoms with Gasteiger partial charge in [0.1, 0.15) is 5.82 Å². The number of rotatable bonds is 8. The molecule has 168 valence electrons. The predicted molar refractivity (Wildman–Crippen MR) is 127 cm³/mol. The number of piperazine rings is 1. The van der Waals surface area contributed by atoms with E-state index in [4.69, 9.17) is 0 Å². The lowest BCUT2D eigenvalue weighted by molar-refractivity contribution is -0.130. The second-order valence-electron chi connectivity index (χ2n) is 7.65. The van der Waals surface area contributed by atoms with Gasteiger partial charge >= 0.3 is 0 Å². The molecule has 1 aromatic heterocycles. The number of nitrogens with zero attached hydrogens (tertiary/aromatic N) is 4. The highest BCUT2D eigenvalue weighted by atomic mass is 32.2. The Hall–Kier alpha value is -2.49. The molecule has 0 spiro atoms. The number of carbonyl (C=O) groups is 1. The van der Waals surface area contributed by atoms with Gasteiger partial charge in [-0.2, -0.15) is 0 Å². The maximum atomic E-state index is 13.0. The lowest BCUT2D eigenvalue weighted by atomic mass is 10.1. The van der Waals surface area contributed by atoms with E-state index in [9.17, 15) is 9.18 Å². The van der Waals surface area contributed by atoms with Crippen molar-refractivity contribution >= 4 is 34.1 Å². The molecule has 4 rings (SSSR count). The summed E-state index contributed by atoms with van der Waals surface area (Å²) in [5.74, 6) is 0.249. The van der Waals surface area contributed by atoms with Gasteiger partial charge in [0.2, 0.25) is 11.0 Å². The molecule has 0 radical (unpaired) electrons. The molecule has 3 aromatic rings. The Kier molecular flexibility index (Phi) is 7.72. The first-order valence-corrected chi connectivity index (χ1v) is 12.4. The van der Waals surface area contributed by atoms with Gasteiger partial charge in [-0.1, -0.05) is 65.6 Å². The van der Waals surface area contributed by atoms with Crippen LogP contribution in [0, 0.1) is 5.82 Å². The largest absolute Gasteiger partial charge is 0.356 e. The van der Waals surface area contributed by atoms with Crippen molar-refractivity contribution in [2.24, 2.45) is 0 Å². The summed E-state index contributed by atoms with van der Waals surface area (Å²) < 4.78 is 13.7. The number of amides is 1. The Labute approximate surface area is 195 Å². The second-order valence-corrected chi connectivity index (χ2v) is 9.85. The lowest BCUT2D eigenvalue weighted by Gasteiger charge is -2.38. The van der Waals surface area contributed by atoms with Gasteiger partial charge in [-0.25, -0.2) is 4.39 Å². The SMILES string of the molecule is CC(c1ccccc1)N1CCN(C(=O)CSc2nnc(NCc3ccc(F)cc3)s2)CC1. The van der Waals surface area contributed by atoms with E-state index < -0.39 is 0 Å². The van der Waals surface area contributed by atoms with E-state index in [1.165, 1.54) is 40.8 Å². The van der Waals surface area contributed by atoms with Crippen LogP contribution in [0.1, 0.15) is 24.1 Å². The molecule has 32 heavy (non-hydrogen) atoms. The fourth-order valence-electron chi connectivity index (χ4n) is 3.64. The lowest BCUT2D eigenvalue weighted by Crippen LogP contribution is -2.49. The summed E-state index contributed by atoms with van der Waals surface area (Å²) >= 11 is 2.84. The van der Waals surface area contributed by atoms with Gasteiger partial charge in [0.25, 0.3) is 0 Å². The van der Waals surface area contributed by atoms with Crippen LogP contribution in [-0.4, -0.2) is 57.8 Å². The van der Waals surface area contributed by atoms with Crippen LogP contribution < -0.4 is 5.32 Å². The van der Waals surface area contributed by atoms with Crippen molar-refractivity contribution in [2.75, 3.05) is 37.2 Å². The molecule has 1 N–H and O–H groups in total. The number of hydrogen-bond acceptors (Lipinski definition) is 7. The van der Waals surface area contributed by atoms with E-state index in [1.807, 2.05) is 11.0 Å². The summed E-state index contributed by atoms with van der Waals surface area (Å²) in [4.78, 5) is 17.0. The first kappa shape index (κ1) is 22.7. The molecule has 0 bridgehead atoms. The Morgan fingerprint density at radius 1 is 1.09 bits per heavy atom. The molecule has 1 fully saturated rings. The summed E-state index contributed by atoms with van der Waals surface area (Å²) in [7, 11) is 0. The van der Waals surface area contributed by atoms with Crippen LogP contribution in [0.25, 0.3) is 0 Å². The molecule has 1 aliphatic rings. The Bertz CT molecular complexity index is 1010. The first-order valence-electron chi connectivity index (χ1n) is 10.6. The van der Waals surface area contributed by atoms with Crippen LogP contribution >= 0.6 is 23.1 Å². The van der Waals surface area contributed by atoms with Crippen LogP contribution in [-0.2, 0) is 11.3 Å². The van der Waals surface area contributed by atoms with Crippen molar-refractivity contribution in [1.29, 1.82) is 0 Å². The summed E-state index contributed by atoms with van der Waals surface area (Å²) in [6.45, 7) is 6.02. The van der Waals surface area contributed by atoms with E-state index >= 15 is 0 Å². The van der Waals surface area contributed by atoms with Crippen molar-refractivity contribution in [2.45, 2.75) is 23.8 Å².